The molecule has 2 atom stereocenters. The van der Waals surface area contributed by atoms with E-state index < -0.39 is 19.8 Å². The van der Waals surface area contributed by atoms with E-state index >= 15 is 0 Å². The highest BCUT2D eigenvalue weighted by atomic mass is 79.9. The lowest BCUT2D eigenvalue weighted by Crippen LogP contribution is -2.15. The van der Waals surface area contributed by atoms with Gasteiger partial charge in [0.05, 0.1) is 9.79 Å². The molecule has 0 bridgehead atoms. The minimum absolute atomic E-state index is 0.0487. The van der Waals surface area contributed by atoms with Crippen LogP contribution in [0.2, 0.25) is 0 Å². The fourth-order valence-electron chi connectivity index (χ4n) is 3.36. The molecule has 4 aromatic rings. The van der Waals surface area contributed by atoms with Gasteiger partial charge in [-0.25, -0.2) is 8.42 Å². The number of hydrogen-bond acceptors (Lipinski definition) is 4. The van der Waals surface area contributed by atoms with Gasteiger partial charge in [0.25, 0.3) is 0 Å². The van der Waals surface area contributed by atoms with E-state index in [4.69, 9.17) is 0 Å². The molecule has 0 radical (unpaired) electrons. The number of amidine groups is 2. The molecule has 4 aromatic carbocycles. The smallest absolute Gasteiger partial charge is 0.188 e. The normalized spacial score (nSPS) is 24.6. The molecule has 0 aliphatic carbocycles. The zero-order valence-corrected chi connectivity index (χ0v) is 23.4. The maximum atomic E-state index is 14.4. The van der Waals surface area contributed by atoms with Crippen molar-refractivity contribution in [3.05, 3.63) is 129 Å². The Balaban J connectivity index is 1.87. The number of halogens is 2. The SMILES string of the molecule is O=S1(c2ccccc2)=NC(/c2ccc(Br)cc2)=N\S(=O)(c2ccccc2)=NC(/c2ccc(Br)cc2)=N\1. The highest BCUT2D eigenvalue weighted by Gasteiger charge is 2.24. The van der Waals surface area contributed by atoms with E-state index in [1.54, 1.807) is 72.8 Å². The van der Waals surface area contributed by atoms with Crippen LogP contribution in [0.25, 0.3) is 0 Å². The third-order valence-corrected chi connectivity index (χ3v) is 9.66. The van der Waals surface area contributed by atoms with Crippen molar-refractivity contribution in [2.24, 2.45) is 17.5 Å². The van der Waals surface area contributed by atoms with Gasteiger partial charge in [0, 0.05) is 20.1 Å². The average molecular weight is 642 g/mol. The Bertz CT molecular complexity index is 1590. The molecular weight excluding hydrogens is 624 g/mol. The van der Waals surface area contributed by atoms with Crippen molar-refractivity contribution >= 4 is 63.4 Å². The van der Waals surface area contributed by atoms with Crippen molar-refractivity contribution in [1.29, 1.82) is 0 Å². The van der Waals surface area contributed by atoms with Crippen LogP contribution in [-0.2, 0) is 19.8 Å². The number of rotatable bonds is 4. The third-order valence-electron chi connectivity index (χ3n) is 5.15. The molecular formula is C26H18Br2N4O2S2. The fourth-order valence-corrected chi connectivity index (χ4v) is 7.04. The molecule has 0 N–H and O–H groups in total. The molecule has 0 aromatic heterocycles. The average Bonchev–Trinajstić information content (AvgIpc) is 2.89. The van der Waals surface area contributed by atoms with Gasteiger partial charge in [-0.15, -0.1) is 0 Å². The zero-order chi connectivity index (χ0) is 25.2. The lowest BCUT2D eigenvalue weighted by atomic mass is 10.2. The number of nitrogens with zero attached hydrogens (tertiary/aromatic N) is 4. The quantitative estimate of drug-likeness (QED) is 0.234. The van der Waals surface area contributed by atoms with Gasteiger partial charge in [0.15, 0.2) is 31.5 Å². The third kappa shape index (κ3) is 5.27. The maximum absolute atomic E-state index is 14.4. The summed E-state index contributed by atoms with van der Waals surface area (Å²) in [6, 6.07) is 31.8. The molecule has 0 spiro atoms. The summed E-state index contributed by atoms with van der Waals surface area (Å²) in [6.45, 7) is 0. The molecule has 180 valence electrons. The van der Waals surface area contributed by atoms with Gasteiger partial charge in [-0.2, -0.15) is 17.5 Å². The van der Waals surface area contributed by atoms with Crippen LogP contribution >= 0.6 is 31.9 Å². The minimum Gasteiger partial charge on any atom is -0.220 e. The first kappa shape index (κ1) is 24.8. The van der Waals surface area contributed by atoms with Crippen molar-refractivity contribution in [2.75, 3.05) is 0 Å². The Morgan fingerprint density at radius 2 is 0.806 bits per heavy atom. The summed E-state index contributed by atoms with van der Waals surface area (Å²) in [5.41, 5.74) is 1.09. The van der Waals surface area contributed by atoms with E-state index in [2.05, 4.69) is 49.4 Å². The maximum Gasteiger partial charge on any atom is 0.188 e. The Morgan fingerprint density at radius 3 is 1.14 bits per heavy atom. The predicted octanol–water partition coefficient (Wildman–Crippen LogP) is 7.30. The lowest BCUT2D eigenvalue weighted by molar-refractivity contribution is 0.677. The van der Waals surface area contributed by atoms with Crippen molar-refractivity contribution in [1.82, 2.24) is 0 Å². The topological polar surface area (TPSA) is 83.6 Å². The molecule has 0 fully saturated rings. The molecule has 1 aliphatic heterocycles. The van der Waals surface area contributed by atoms with Crippen LogP contribution in [-0.4, -0.2) is 20.1 Å². The van der Waals surface area contributed by atoms with Crippen LogP contribution in [0.5, 0.6) is 0 Å². The summed E-state index contributed by atoms with van der Waals surface area (Å²) in [6.07, 6.45) is 0. The van der Waals surface area contributed by atoms with Crippen LogP contribution < -0.4 is 0 Å². The minimum atomic E-state index is -3.44. The van der Waals surface area contributed by atoms with Gasteiger partial charge in [-0.3, -0.25) is 0 Å². The van der Waals surface area contributed by atoms with E-state index in [-0.39, 0.29) is 11.7 Å². The second-order valence-electron chi connectivity index (χ2n) is 7.65. The van der Waals surface area contributed by atoms with Crippen molar-refractivity contribution < 1.29 is 8.42 Å². The molecule has 36 heavy (non-hydrogen) atoms. The summed E-state index contributed by atoms with van der Waals surface area (Å²) in [5, 5.41) is 0. The van der Waals surface area contributed by atoms with Crippen LogP contribution in [0, 0.1) is 0 Å². The molecule has 0 amide bonds. The first-order valence-electron chi connectivity index (χ1n) is 10.7. The molecule has 10 heteroatoms. The number of hydrogen-bond donors (Lipinski definition) is 0. The van der Waals surface area contributed by atoms with E-state index in [1.807, 2.05) is 36.4 Å². The van der Waals surface area contributed by atoms with E-state index in [0.29, 0.717) is 20.9 Å². The highest BCUT2D eigenvalue weighted by molar-refractivity contribution is 9.10. The standard InChI is InChI=1S/C26H18Br2N4O2S2/c27-21-15-11-19(12-16-21)25-29-35(33,23-7-3-1-4-8-23)30-26(20-13-17-22(28)18-14-20)32-36(34,31-25)24-9-5-2-6-10-24/h1-18H/b29-25-,30-26?,31-25?,32-26-. The van der Waals surface area contributed by atoms with Gasteiger partial charge in [0.1, 0.15) is 0 Å². The molecule has 5 rings (SSSR count). The van der Waals surface area contributed by atoms with E-state index in [0.717, 1.165) is 8.95 Å². The van der Waals surface area contributed by atoms with Crippen molar-refractivity contribution in [3.63, 3.8) is 0 Å². The first-order valence-corrected chi connectivity index (χ1v) is 15.2. The Hall–Kier alpha value is -2.92. The molecule has 2 unspecified atom stereocenters. The Morgan fingerprint density at radius 1 is 0.472 bits per heavy atom. The van der Waals surface area contributed by atoms with Gasteiger partial charge in [0.2, 0.25) is 0 Å². The number of benzene rings is 4. The van der Waals surface area contributed by atoms with Gasteiger partial charge in [-0.1, -0.05) is 92.5 Å². The second kappa shape index (κ2) is 10.2. The van der Waals surface area contributed by atoms with Crippen LogP contribution in [0.15, 0.2) is 145 Å². The summed E-state index contributed by atoms with van der Waals surface area (Å²) in [7, 11) is -6.87. The summed E-state index contributed by atoms with van der Waals surface area (Å²) in [4.78, 5) is 0.792. The fraction of sp³-hybridized carbons (Fsp3) is 0. The monoisotopic (exact) mass is 640 g/mol. The Labute approximate surface area is 227 Å². The predicted molar refractivity (Wildman–Crippen MR) is 152 cm³/mol. The van der Waals surface area contributed by atoms with Gasteiger partial charge in [-0.05, 0) is 48.5 Å². The Kier molecular flexibility index (Phi) is 7.03. The first-order chi connectivity index (χ1) is 17.3. The zero-order valence-electron chi connectivity index (χ0n) is 18.6. The van der Waals surface area contributed by atoms with E-state index in [1.165, 1.54) is 0 Å². The molecule has 1 heterocycles. The van der Waals surface area contributed by atoms with Crippen LogP contribution in [0.4, 0.5) is 0 Å². The summed E-state index contributed by atoms with van der Waals surface area (Å²) >= 11 is 6.85. The highest BCUT2D eigenvalue weighted by Crippen LogP contribution is 2.26. The molecule has 0 saturated heterocycles. The van der Waals surface area contributed by atoms with Crippen LogP contribution in [0.1, 0.15) is 11.1 Å². The molecule has 6 nitrogen and oxygen atoms in total. The van der Waals surface area contributed by atoms with Gasteiger partial charge < -0.3 is 0 Å². The summed E-state index contributed by atoms with van der Waals surface area (Å²) in [5.74, 6) is 0.0973. The lowest BCUT2D eigenvalue weighted by Gasteiger charge is -2.15. The molecule has 1 aliphatic rings. The van der Waals surface area contributed by atoms with Crippen LogP contribution in [0.3, 0.4) is 0 Å². The largest absolute Gasteiger partial charge is 0.220 e. The second-order valence-corrected chi connectivity index (χ2v) is 13.1. The van der Waals surface area contributed by atoms with Crippen molar-refractivity contribution in [2.45, 2.75) is 9.79 Å². The molecule has 0 saturated carbocycles. The van der Waals surface area contributed by atoms with E-state index in [9.17, 15) is 8.42 Å². The van der Waals surface area contributed by atoms with Gasteiger partial charge >= 0.3 is 0 Å². The van der Waals surface area contributed by atoms with Crippen molar-refractivity contribution in [3.8, 4) is 0 Å². The summed E-state index contributed by atoms with van der Waals surface area (Å²) < 4.78 is 48.9.